The minimum absolute atomic E-state index is 0.333. The van der Waals surface area contributed by atoms with Gasteiger partial charge in [0.05, 0.1) is 12.7 Å². The van der Waals surface area contributed by atoms with Gasteiger partial charge < -0.3 is 10.5 Å². The molecule has 0 unspecified atom stereocenters. The lowest BCUT2D eigenvalue weighted by Crippen LogP contribution is -1.92. The number of nitrogens with zero attached hydrogens (tertiary/aromatic N) is 2. The van der Waals surface area contributed by atoms with E-state index in [4.69, 9.17) is 10.5 Å². The van der Waals surface area contributed by atoms with Crippen LogP contribution in [0.3, 0.4) is 0 Å². The lowest BCUT2D eigenvalue weighted by atomic mass is 10.1. The largest absolute Gasteiger partial charge is 0.496 e. The molecule has 0 radical (unpaired) electrons. The first-order valence-electron chi connectivity index (χ1n) is 6.29. The minimum atomic E-state index is -0.333. The molecule has 5 nitrogen and oxygen atoms in total. The maximum Gasteiger partial charge on any atom is 0.181 e. The fourth-order valence-corrected chi connectivity index (χ4v) is 2.05. The Morgan fingerprint density at radius 2 is 2.05 bits per heavy atom. The van der Waals surface area contributed by atoms with Gasteiger partial charge in [-0.3, -0.25) is 5.10 Å². The number of rotatable bonds is 3. The highest BCUT2D eigenvalue weighted by atomic mass is 19.1. The molecule has 0 spiro atoms. The Kier molecular flexibility index (Phi) is 3.27. The molecule has 106 valence electrons. The molecule has 21 heavy (non-hydrogen) atoms. The van der Waals surface area contributed by atoms with E-state index in [0.717, 1.165) is 0 Å². The summed E-state index contributed by atoms with van der Waals surface area (Å²) in [5.41, 5.74) is 7.68. The zero-order chi connectivity index (χ0) is 14.8. The van der Waals surface area contributed by atoms with Gasteiger partial charge in [0, 0.05) is 11.3 Å². The van der Waals surface area contributed by atoms with Crippen LogP contribution in [0, 0.1) is 5.82 Å². The van der Waals surface area contributed by atoms with Crippen LogP contribution in [0.2, 0.25) is 0 Å². The molecule has 0 saturated carbocycles. The monoisotopic (exact) mass is 284 g/mol. The Bertz CT molecular complexity index is 785. The first kappa shape index (κ1) is 13.1. The summed E-state index contributed by atoms with van der Waals surface area (Å²) in [4.78, 5) is 4.37. The van der Waals surface area contributed by atoms with Crippen molar-refractivity contribution in [2.75, 3.05) is 12.8 Å². The van der Waals surface area contributed by atoms with Crippen LogP contribution in [-0.2, 0) is 0 Å². The number of H-pyrrole nitrogens is 1. The molecule has 0 amide bonds. The quantitative estimate of drug-likeness (QED) is 0.725. The molecule has 0 atom stereocenters. The van der Waals surface area contributed by atoms with Gasteiger partial charge in [0.15, 0.2) is 11.6 Å². The minimum Gasteiger partial charge on any atom is -0.496 e. The van der Waals surface area contributed by atoms with Crippen molar-refractivity contribution in [1.82, 2.24) is 15.2 Å². The van der Waals surface area contributed by atoms with Crippen LogP contribution in [0.4, 0.5) is 10.1 Å². The maximum absolute atomic E-state index is 13.3. The highest BCUT2D eigenvalue weighted by Crippen LogP contribution is 2.30. The number of hydrogen-bond donors (Lipinski definition) is 2. The zero-order valence-electron chi connectivity index (χ0n) is 11.3. The van der Waals surface area contributed by atoms with E-state index in [1.807, 2.05) is 0 Å². The van der Waals surface area contributed by atoms with Gasteiger partial charge in [0.25, 0.3) is 0 Å². The summed E-state index contributed by atoms with van der Waals surface area (Å²) < 4.78 is 18.5. The Balaban J connectivity index is 2.04. The Morgan fingerprint density at radius 1 is 1.19 bits per heavy atom. The van der Waals surface area contributed by atoms with E-state index in [0.29, 0.717) is 34.2 Å². The zero-order valence-corrected chi connectivity index (χ0v) is 11.3. The van der Waals surface area contributed by atoms with Crippen LogP contribution >= 0.6 is 0 Å². The van der Waals surface area contributed by atoms with Crippen molar-refractivity contribution in [3.05, 3.63) is 48.3 Å². The van der Waals surface area contributed by atoms with Crippen molar-refractivity contribution < 1.29 is 9.13 Å². The Morgan fingerprint density at radius 3 is 2.81 bits per heavy atom. The molecule has 1 aromatic heterocycles. The highest BCUT2D eigenvalue weighted by molar-refractivity contribution is 5.70. The summed E-state index contributed by atoms with van der Waals surface area (Å²) >= 11 is 0. The average Bonchev–Trinajstić information content (AvgIpc) is 2.97. The van der Waals surface area contributed by atoms with Crippen molar-refractivity contribution in [1.29, 1.82) is 0 Å². The molecule has 0 saturated heterocycles. The van der Waals surface area contributed by atoms with Gasteiger partial charge in [-0.15, -0.1) is 0 Å². The van der Waals surface area contributed by atoms with E-state index >= 15 is 0 Å². The summed E-state index contributed by atoms with van der Waals surface area (Å²) in [6.07, 6.45) is 0. The van der Waals surface area contributed by atoms with Gasteiger partial charge in [-0.2, -0.15) is 5.10 Å². The molecule has 2 aromatic carbocycles. The molecule has 0 aliphatic carbocycles. The number of nitrogens with two attached hydrogens (primary N) is 1. The summed E-state index contributed by atoms with van der Waals surface area (Å²) in [6.45, 7) is 0. The van der Waals surface area contributed by atoms with E-state index in [1.165, 1.54) is 12.1 Å². The molecule has 1 heterocycles. The predicted octanol–water partition coefficient (Wildman–Crippen LogP) is 2.87. The molecular formula is C15H13FN4O. The third-order valence-electron chi connectivity index (χ3n) is 3.05. The van der Waals surface area contributed by atoms with Crippen LogP contribution in [-0.4, -0.2) is 22.3 Å². The lowest BCUT2D eigenvalue weighted by Gasteiger charge is -2.06. The number of nitrogen functional groups attached to an aromatic ring is 1. The topological polar surface area (TPSA) is 76.8 Å². The first-order chi connectivity index (χ1) is 10.2. The average molecular weight is 284 g/mol. The summed E-state index contributed by atoms with van der Waals surface area (Å²) in [6, 6.07) is 11.4. The van der Waals surface area contributed by atoms with Crippen molar-refractivity contribution >= 4 is 5.69 Å². The predicted molar refractivity (Wildman–Crippen MR) is 78.2 cm³/mol. The van der Waals surface area contributed by atoms with Crippen LogP contribution < -0.4 is 10.5 Å². The summed E-state index contributed by atoms with van der Waals surface area (Å²) in [5, 5.41) is 6.93. The standard InChI is InChI=1S/C15H13FN4O/c1-21-13-6-5-11(17)8-12(13)15-18-14(19-20-15)9-3-2-4-10(16)7-9/h2-8H,17H2,1H3,(H,18,19,20). The third-order valence-corrected chi connectivity index (χ3v) is 3.05. The van der Waals surface area contributed by atoms with Crippen LogP contribution in [0.25, 0.3) is 22.8 Å². The van der Waals surface area contributed by atoms with Gasteiger partial charge in [0.1, 0.15) is 11.6 Å². The lowest BCUT2D eigenvalue weighted by molar-refractivity contribution is 0.416. The number of hydrogen-bond acceptors (Lipinski definition) is 4. The fourth-order valence-electron chi connectivity index (χ4n) is 2.05. The van der Waals surface area contributed by atoms with Gasteiger partial charge >= 0.3 is 0 Å². The summed E-state index contributed by atoms with van der Waals surface area (Å²) in [5.74, 6) is 1.22. The Labute approximate surface area is 120 Å². The first-order valence-corrected chi connectivity index (χ1v) is 6.29. The van der Waals surface area contributed by atoms with E-state index in [2.05, 4.69) is 15.2 Å². The van der Waals surface area contributed by atoms with E-state index in [9.17, 15) is 4.39 Å². The molecule has 0 aliphatic rings. The third kappa shape index (κ3) is 2.55. The van der Waals surface area contributed by atoms with Crippen molar-refractivity contribution in [2.24, 2.45) is 0 Å². The molecule has 3 aromatic rings. The molecule has 0 bridgehead atoms. The van der Waals surface area contributed by atoms with Crippen molar-refractivity contribution in [2.45, 2.75) is 0 Å². The molecule has 3 N–H and O–H groups in total. The second-order valence-electron chi connectivity index (χ2n) is 4.48. The van der Waals surface area contributed by atoms with Crippen LogP contribution in [0.15, 0.2) is 42.5 Å². The number of halogens is 1. The number of aromatic nitrogens is 3. The van der Waals surface area contributed by atoms with Gasteiger partial charge in [-0.1, -0.05) is 12.1 Å². The fraction of sp³-hybridized carbons (Fsp3) is 0.0667. The van der Waals surface area contributed by atoms with Gasteiger partial charge in [0.2, 0.25) is 0 Å². The van der Waals surface area contributed by atoms with Crippen molar-refractivity contribution in [3.8, 4) is 28.5 Å². The number of nitrogens with one attached hydrogen (secondary N) is 1. The van der Waals surface area contributed by atoms with Crippen LogP contribution in [0.5, 0.6) is 5.75 Å². The smallest absolute Gasteiger partial charge is 0.181 e. The maximum atomic E-state index is 13.3. The number of benzene rings is 2. The number of aromatic amines is 1. The van der Waals surface area contributed by atoms with Gasteiger partial charge in [-0.05, 0) is 30.3 Å². The Hall–Kier alpha value is -2.89. The highest BCUT2D eigenvalue weighted by Gasteiger charge is 2.12. The van der Waals surface area contributed by atoms with Crippen LogP contribution in [0.1, 0.15) is 0 Å². The summed E-state index contributed by atoms with van der Waals surface area (Å²) in [7, 11) is 1.57. The van der Waals surface area contributed by atoms with Gasteiger partial charge in [-0.25, -0.2) is 9.37 Å². The van der Waals surface area contributed by atoms with Crippen molar-refractivity contribution in [3.63, 3.8) is 0 Å². The van der Waals surface area contributed by atoms with E-state index in [-0.39, 0.29) is 5.82 Å². The van der Waals surface area contributed by atoms with E-state index < -0.39 is 0 Å². The normalized spacial score (nSPS) is 10.6. The molecule has 0 fully saturated rings. The molecular weight excluding hydrogens is 271 g/mol. The second-order valence-corrected chi connectivity index (χ2v) is 4.48. The SMILES string of the molecule is COc1ccc(N)cc1-c1nc(-c2cccc(F)c2)n[nH]1. The second kappa shape index (κ2) is 5.24. The number of anilines is 1. The van der Waals surface area contributed by atoms with E-state index in [1.54, 1.807) is 37.4 Å². The molecule has 0 aliphatic heterocycles. The molecule has 6 heteroatoms. The number of methoxy groups -OCH3 is 1. The number of ether oxygens (including phenoxy) is 1. The molecule has 3 rings (SSSR count).